The van der Waals surface area contributed by atoms with Crippen molar-refractivity contribution in [1.29, 1.82) is 0 Å². The first-order chi connectivity index (χ1) is 6.45. The van der Waals surface area contributed by atoms with Crippen LogP contribution in [0.15, 0.2) is 29.4 Å². The Morgan fingerprint density at radius 3 is 2.85 bits per heavy atom. The molecule has 13 heavy (non-hydrogen) atoms. The maximum Gasteiger partial charge on any atom is 0.111 e. The second-order valence-corrected chi connectivity index (χ2v) is 4.06. The van der Waals surface area contributed by atoms with Crippen LogP contribution in [0.25, 0.3) is 0 Å². The summed E-state index contributed by atoms with van der Waals surface area (Å²) in [5.41, 5.74) is 0. The number of nitrogens with one attached hydrogen (secondary N) is 1. The average Bonchev–Trinajstić information content (AvgIpc) is 2.21. The fraction of sp³-hybridized carbons (Fsp3) is 0.444. The lowest BCUT2D eigenvalue weighted by Crippen LogP contribution is -2.39. The lowest BCUT2D eigenvalue weighted by molar-refractivity contribution is 0.396. The van der Waals surface area contributed by atoms with Crippen LogP contribution in [0.2, 0.25) is 0 Å². The van der Waals surface area contributed by atoms with E-state index in [-0.39, 0.29) is 0 Å². The molecule has 1 fully saturated rings. The summed E-state index contributed by atoms with van der Waals surface area (Å²) in [4.78, 5) is 4.27. The molecule has 0 aliphatic carbocycles. The zero-order valence-electron chi connectivity index (χ0n) is 7.44. The number of pyridine rings is 1. The normalized spacial score (nSPS) is 18.8. The van der Waals surface area contributed by atoms with Gasteiger partial charge in [0.2, 0.25) is 0 Å². The number of hydrogen-bond acceptors (Lipinski definition) is 4. The molecule has 0 amide bonds. The Bertz CT molecular complexity index is 246. The van der Waals surface area contributed by atoms with Crippen molar-refractivity contribution in [3.63, 3.8) is 0 Å². The Kier molecular flexibility index (Phi) is 3.18. The standard InChI is InChI=1S/C9H13N3S/c1-2-4-11-9(3-1)13-12-7-5-10-6-8-12/h1-4,10H,5-8H2. The number of nitrogens with zero attached hydrogens (tertiary/aromatic N) is 2. The Hall–Kier alpha value is -0.580. The van der Waals surface area contributed by atoms with Crippen molar-refractivity contribution in [2.75, 3.05) is 26.2 Å². The van der Waals surface area contributed by atoms with Crippen molar-refractivity contribution in [3.05, 3.63) is 24.4 Å². The molecule has 0 bridgehead atoms. The predicted molar refractivity (Wildman–Crippen MR) is 54.5 cm³/mol. The van der Waals surface area contributed by atoms with E-state index in [1.54, 1.807) is 11.9 Å². The zero-order valence-corrected chi connectivity index (χ0v) is 8.26. The van der Waals surface area contributed by atoms with Crippen molar-refractivity contribution in [1.82, 2.24) is 14.6 Å². The molecular formula is C9H13N3S. The molecule has 0 radical (unpaired) electrons. The number of aromatic nitrogens is 1. The third-order valence-corrected chi connectivity index (χ3v) is 2.99. The molecule has 1 N–H and O–H groups in total. The molecule has 0 spiro atoms. The highest BCUT2D eigenvalue weighted by atomic mass is 32.2. The molecule has 1 aromatic heterocycles. The molecule has 2 heterocycles. The molecule has 1 aromatic rings. The van der Waals surface area contributed by atoms with Crippen molar-refractivity contribution >= 4 is 11.9 Å². The minimum Gasteiger partial charge on any atom is -0.314 e. The Balaban J connectivity index is 1.90. The number of hydrogen-bond donors (Lipinski definition) is 1. The van der Waals surface area contributed by atoms with Gasteiger partial charge in [-0.3, -0.25) is 0 Å². The highest BCUT2D eigenvalue weighted by molar-refractivity contribution is 7.97. The predicted octanol–water partition coefficient (Wildman–Crippen LogP) is 0.994. The van der Waals surface area contributed by atoms with Gasteiger partial charge in [0, 0.05) is 32.4 Å². The van der Waals surface area contributed by atoms with Crippen LogP contribution >= 0.6 is 11.9 Å². The van der Waals surface area contributed by atoms with Gasteiger partial charge in [-0.25, -0.2) is 9.29 Å². The van der Waals surface area contributed by atoms with Crippen LogP contribution in [-0.2, 0) is 0 Å². The summed E-state index contributed by atoms with van der Waals surface area (Å²) < 4.78 is 2.35. The second-order valence-electron chi connectivity index (χ2n) is 2.94. The van der Waals surface area contributed by atoms with Gasteiger partial charge < -0.3 is 5.32 Å². The van der Waals surface area contributed by atoms with Crippen LogP contribution in [0.3, 0.4) is 0 Å². The van der Waals surface area contributed by atoms with Crippen LogP contribution in [0, 0.1) is 0 Å². The van der Waals surface area contributed by atoms with E-state index in [1.165, 1.54) is 0 Å². The van der Waals surface area contributed by atoms with Crippen LogP contribution in [0.1, 0.15) is 0 Å². The van der Waals surface area contributed by atoms with Gasteiger partial charge in [0.05, 0.1) is 0 Å². The van der Waals surface area contributed by atoms with Crippen LogP contribution < -0.4 is 5.32 Å². The van der Waals surface area contributed by atoms with E-state index in [1.807, 2.05) is 24.4 Å². The minimum absolute atomic E-state index is 1.08. The maximum atomic E-state index is 4.27. The first-order valence-corrected chi connectivity index (χ1v) is 5.27. The van der Waals surface area contributed by atoms with Crippen molar-refractivity contribution < 1.29 is 0 Å². The summed E-state index contributed by atoms with van der Waals surface area (Å²) in [5, 5.41) is 4.41. The van der Waals surface area contributed by atoms with Gasteiger partial charge >= 0.3 is 0 Å². The van der Waals surface area contributed by atoms with Gasteiger partial charge in [-0.1, -0.05) is 6.07 Å². The fourth-order valence-corrected chi connectivity index (χ4v) is 2.15. The van der Waals surface area contributed by atoms with E-state index < -0.39 is 0 Å². The molecule has 4 heteroatoms. The highest BCUT2D eigenvalue weighted by Gasteiger charge is 2.10. The molecule has 0 atom stereocenters. The molecule has 1 saturated heterocycles. The van der Waals surface area contributed by atoms with Crippen molar-refractivity contribution in [2.24, 2.45) is 0 Å². The maximum absolute atomic E-state index is 4.27. The van der Waals surface area contributed by atoms with Crippen molar-refractivity contribution in [3.8, 4) is 0 Å². The molecular weight excluding hydrogens is 182 g/mol. The van der Waals surface area contributed by atoms with Crippen LogP contribution in [0.4, 0.5) is 0 Å². The van der Waals surface area contributed by atoms with E-state index in [4.69, 9.17) is 0 Å². The quantitative estimate of drug-likeness (QED) is 0.712. The monoisotopic (exact) mass is 195 g/mol. The summed E-state index contributed by atoms with van der Waals surface area (Å²) in [6.07, 6.45) is 1.84. The van der Waals surface area contributed by atoms with Gasteiger partial charge in [0.1, 0.15) is 5.03 Å². The molecule has 2 rings (SSSR count). The van der Waals surface area contributed by atoms with Gasteiger partial charge in [0.25, 0.3) is 0 Å². The zero-order chi connectivity index (χ0) is 8.93. The highest BCUT2D eigenvalue weighted by Crippen LogP contribution is 2.19. The van der Waals surface area contributed by atoms with Gasteiger partial charge in [-0.05, 0) is 24.1 Å². The minimum atomic E-state index is 1.08. The summed E-state index contributed by atoms with van der Waals surface area (Å²) in [7, 11) is 0. The summed E-state index contributed by atoms with van der Waals surface area (Å²) in [5.74, 6) is 0. The lowest BCUT2D eigenvalue weighted by atomic mass is 10.4. The van der Waals surface area contributed by atoms with E-state index in [0.717, 1.165) is 31.2 Å². The third-order valence-electron chi connectivity index (χ3n) is 1.94. The molecule has 70 valence electrons. The Morgan fingerprint density at radius 2 is 2.15 bits per heavy atom. The van der Waals surface area contributed by atoms with Gasteiger partial charge in [0.15, 0.2) is 0 Å². The van der Waals surface area contributed by atoms with Gasteiger partial charge in [-0.15, -0.1) is 0 Å². The first kappa shape index (κ1) is 8.99. The number of piperazine rings is 1. The molecule has 0 unspecified atom stereocenters. The Labute approximate surface area is 82.7 Å². The largest absolute Gasteiger partial charge is 0.314 e. The van der Waals surface area contributed by atoms with Gasteiger partial charge in [-0.2, -0.15) is 0 Å². The van der Waals surface area contributed by atoms with E-state index in [2.05, 4.69) is 14.6 Å². The second kappa shape index (κ2) is 4.60. The van der Waals surface area contributed by atoms with E-state index in [9.17, 15) is 0 Å². The molecule has 1 aliphatic rings. The summed E-state index contributed by atoms with van der Waals surface area (Å²) in [6, 6.07) is 6.02. The van der Waals surface area contributed by atoms with Crippen LogP contribution in [0.5, 0.6) is 0 Å². The molecule has 0 saturated carbocycles. The smallest absolute Gasteiger partial charge is 0.111 e. The Morgan fingerprint density at radius 1 is 1.31 bits per heavy atom. The van der Waals surface area contributed by atoms with Crippen LogP contribution in [-0.4, -0.2) is 35.5 Å². The fourth-order valence-electron chi connectivity index (χ4n) is 1.27. The van der Waals surface area contributed by atoms with Crippen molar-refractivity contribution in [2.45, 2.75) is 5.03 Å². The third kappa shape index (κ3) is 2.69. The van der Waals surface area contributed by atoms with E-state index in [0.29, 0.717) is 0 Å². The summed E-state index contributed by atoms with van der Waals surface area (Å²) in [6.45, 7) is 4.36. The first-order valence-electron chi connectivity index (χ1n) is 4.50. The molecule has 0 aromatic carbocycles. The number of rotatable bonds is 2. The topological polar surface area (TPSA) is 28.2 Å². The summed E-state index contributed by atoms with van der Waals surface area (Å²) >= 11 is 1.75. The molecule has 1 aliphatic heterocycles. The molecule has 3 nitrogen and oxygen atoms in total. The van der Waals surface area contributed by atoms with E-state index >= 15 is 0 Å². The average molecular weight is 195 g/mol. The lowest BCUT2D eigenvalue weighted by Gasteiger charge is -2.25. The SMILES string of the molecule is c1ccc(SN2CCNCC2)nc1.